The monoisotopic (exact) mass is 353 g/mol. The van der Waals surface area contributed by atoms with Gasteiger partial charge in [0, 0.05) is 49.9 Å². The van der Waals surface area contributed by atoms with Crippen LogP contribution in [0.4, 0.5) is 5.82 Å². The molecule has 1 aromatic carbocycles. The van der Waals surface area contributed by atoms with Crippen LogP contribution in [0.5, 0.6) is 0 Å². The standard InChI is InChI=1S/C19H23N5O2/c1-3-20-17-8-10-21-18(23-17)14-4-6-15(7-5-14)19(26)24-11-9-16(12-24)22-13(2)25/h4-8,10,16H,3,9,11-12H2,1-2H3,(H,22,25)(H,20,21,23). The maximum Gasteiger partial charge on any atom is 0.253 e. The fourth-order valence-electron chi connectivity index (χ4n) is 3.07. The van der Waals surface area contributed by atoms with Crippen molar-refractivity contribution in [2.75, 3.05) is 25.0 Å². The fourth-order valence-corrected chi connectivity index (χ4v) is 3.07. The van der Waals surface area contributed by atoms with Crippen LogP contribution in [0.3, 0.4) is 0 Å². The van der Waals surface area contributed by atoms with E-state index in [1.54, 1.807) is 23.2 Å². The minimum atomic E-state index is -0.0616. The summed E-state index contributed by atoms with van der Waals surface area (Å²) in [5.41, 5.74) is 1.49. The molecular formula is C19H23N5O2. The zero-order valence-corrected chi connectivity index (χ0v) is 15.0. The molecular weight excluding hydrogens is 330 g/mol. The van der Waals surface area contributed by atoms with Gasteiger partial charge in [-0.1, -0.05) is 12.1 Å². The van der Waals surface area contributed by atoms with Gasteiger partial charge in [0.2, 0.25) is 5.91 Å². The quantitative estimate of drug-likeness (QED) is 0.858. The lowest BCUT2D eigenvalue weighted by Crippen LogP contribution is -2.37. The lowest BCUT2D eigenvalue weighted by molar-refractivity contribution is -0.119. The third kappa shape index (κ3) is 4.17. The number of benzene rings is 1. The maximum absolute atomic E-state index is 12.6. The predicted molar refractivity (Wildman–Crippen MR) is 99.8 cm³/mol. The highest BCUT2D eigenvalue weighted by molar-refractivity contribution is 5.95. The van der Waals surface area contributed by atoms with Gasteiger partial charge in [0.25, 0.3) is 5.91 Å². The first-order valence-corrected chi connectivity index (χ1v) is 8.80. The number of hydrogen-bond acceptors (Lipinski definition) is 5. The van der Waals surface area contributed by atoms with E-state index in [2.05, 4.69) is 20.6 Å². The van der Waals surface area contributed by atoms with Crippen molar-refractivity contribution < 1.29 is 9.59 Å². The van der Waals surface area contributed by atoms with E-state index in [4.69, 9.17) is 0 Å². The third-order valence-corrected chi connectivity index (χ3v) is 4.29. The van der Waals surface area contributed by atoms with Crippen molar-refractivity contribution in [1.29, 1.82) is 0 Å². The van der Waals surface area contributed by atoms with Crippen LogP contribution in [0.25, 0.3) is 11.4 Å². The summed E-state index contributed by atoms with van der Waals surface area (Å²) < 4.78 is 0. The van der Waals surface area contributed by atoms with Crippen molar-refractivity contribution in [1.82, 2.24) is 20.2 Å². The van der Waals surface area contributed by atoms with Crippen molar-refractivity contribution in [3.05, 3.63) is 42.1 Å². The van der Waals surface area contributed by atoms with E-state index in [0.717, 1.165) is 24.3 Å². The van der Waals surface area contributed by atoms with Gasteiger partial charge in [-0.2, -0.15) is 0 Å². The molecule has 7 heteroatoms. The highest BCUT2D eigenvalue weighted by atomic mass is 16.2. The summed E-state index contributed by atoms with van der Waals surface area (Å²) in [5, 5.41) is 6.03. The fraction of sp³-hybridized carbons (Fsp3) is 0.368. The first kappa shape index (κ1) is 17.8. The third-order valence-electron chi connectivity index (χ3n) is 4.29. The molecule has 0 radical (unpaired) electrons. The van der Waals surface area contributed by atoms with Crippen LogP contribution in [0.15, 0.2) is 36.5 Å². The van der Waals surface area contributed by atoms with Gasteiger partial charge in [0.1, 0.15) is 5.82 Å². The topological polar surface area (TPSA) is 87.2 Å². The number of anilines is 1. The number of carbonyl (C=O) groups is 2. The molecule has 7 nitrogen and oxygen atoms in total. The van der Waals surface area contributed by atoms with Crippen LogP contribution in [-0.4, -0.2) is 52.4 Å². The first-order valence-electron chi connectivity index (χ1n) is 8.80. The van der Waals surface area contributed by atoms with E-state index in [9.17, 15) is 9.59 Å². The van der Waals surface area contributed by atoms with Gasteiger partial charge in [-0.15, -0.1) is 0 Å². The summed E-state index contributed by atoms with van der Waals surface area (Å²) in [4.78, 5) is 34.3. The summed E-state index contributed by atoms with van der Waals surface area (Å²) in [6.07, 6.45) is 2.50. The molecule has 2 N–H and O–H groups in total. The normalized spacial score (nSPS) is 16.4. The molecule has 0 bridgehead atoms. The average molecular weight is 353 g/mol. The second kappa shape index (κ2) is 7.95. The Balaban J connectivity index is 1.69. The number of amides is 2. The highest BCUT2D eigenvalue weighted by Crippen LogP contribution is 2.19. The number of hydrogen-bond donors (Lipinski definition) is 2. The van der Waals surface area contributed by atoms with Crippen LogP contribution < -0.4 is 10.6 Å². The predicted octanol–water partition coefficient (Wildman–Crippen LogP) is 1.93. The molecule has 3 rings (SSSR count). The zero-order valence-electron chi connectivity index (χ0n) is 15.0. The maximum atomic E-state index is 12.6. The molecule has 0 aliphatic carbocycles. The average Bonchev–Trinajstić information content (AvgIpc) is 3.09. The second-order valence-corrected chi connectivity index (χ2v) is 6.31. The Kier molecular flexibility index (Phi) is 5.46. The Morgan fingerprint density at radius 1 is 1.23 bits per heavy atom. The SMILES string of the molecule is CCNc1ccnc(-c2ccc(C(=O)N3CCC(NC(C)=O)C3)cc2)n1. The van der Waals surface area contributed by atoms with Crippen LogP contribution in [0.1, 0.15) is 30.6 Å². The minimum Gasteiger partial charge on any atom is -0.370 e. The summed E-state index contributed by atoms with van der Waals surface area (Å²) in [7, 11) is 0. The molecule has 26 heavy (non-hydrogen) atoms. The summed E-state index contributed by atoms with van der Waals surface area (Å²) >= 11 is 0. The van der Waals surface area contributed by atoms with Gasteiger partial charge < -0.3 is 15.5 Å². The number of aromatic nitrogens is 2. The van der Waals surface area contributed by atoms with E-state index in [-0.39, 0.29) is 17.9 Å². The van der Waals surface area contributed by atoms with Gasteiger partial charge in [0.05, 0.1) is 0 Å². The molecule has 136 valence electrons. The van der Waals surface area contributed by atoms with E-state index in [1.807, 2.05) is 25.1 Å². The zero-order chi connectivity index (χ0) is 18.5. The number of rotatable bonds is 5. The van der Waals surface area contributed by atoms with Crippen molar-refractivity contribution >= 4 is 17.6 Å². The summed E-state index contributed by atoms with van der Waals surface area (Å²) in [6.45, 7) is 5.50. The van der Waals surface area contributed by atoms with Crippen molar-refractivity contribution in [3.8, 4) is 11.4 Å². The van der Waals surface area contributed by atoms with Gasteiger partial charge >= 0.3 is 0 Å². The minimum absolute atomic E-state index is 0.0216. The van der Waals surface area contributed by atoms with Crippen LogP contribution in [-0.2, 0) is 4.79 Å². The smallest absolute Gasteiger partial charge is 0.253 e. The number of carbonyl (C=O) groups excluding carboxylic acids is 2. The molecule has 2 amide bonds. The number of nitrogens with one attached hydrogen (secondary N) is 2. The van der Waals surface area contributed by atoms with Gasteiger partial charge in [0.15, 0.2) is 5.82 Å². The molecule has 1 atom stereocenters. The van der Waals surface area contributed by atoms with Gasteiger partial charge in [-0.3, -0.25) is 9.59 Å². The lowest BCUT2D eigenvalue weighted by Gasteiger charge is -2.17. The lowest BCUT2D eigenvalue weighted by atomic mass is 10.1. The van der Waals surface area contributed by atoms with Crippen molar-refractivity contribution in [2.45, 2.75) is 26.3 Å². The van der Waals surface area contributed by atoms with Crippen LogP contribution in [0, 0.1) is 0 Å². The Labute approximate surface area is 152 Å². The molecule has 0 saturated carbocycles. The molecule has 2 aromatic rings. The Bertz CT molecular complexity index is 791. The Morgan fingerprint density at radius 2 is 2.00 bits per heavy atom. The molecule has 1 aromatic heterocycles. The summed E-state index contributed by atoms with van der Waals surface area (Å²) in [6, 6.07) is 9.18. The molecule has 1 unspecified atom stereocenters. The van der Waals surface area contributed by atoms with Crippen LogP contribution in [0.2, 0.25) is 0 Å². The molecule has 2 heterocycles. The Morgan fingerprint density at radius 3 is 2.69 bits per heavy atom. The molecule has 1 saturated heterocycles. The first-order chi connectivity index (χ1) is 12.6. The molecule has 1 fully saturated rings. The number of likely N-dealkylation sites (tertiary alicyclic amines) is 1. The van der Waals surface area contributed by atoms with E-state index in [0.29, 0.717) is 24.5 Å². The largest absolute Gasteiger partial charge is 0.370 e. The summed E-state index contributed by atoms with van der Waals surface area (Å²) in [5.74, 6) is 1.31. The van der Waals surface area contributed by atoms with Gasteiger partial charge in [-0.25, -0.2) is 9.97 Å². The molecule has 0 spiro atoms. The van der Waals surface area contributed by atoms with Crippen molar-refractivity contribution in [3.63, 3.8) is 0 Å². The number of nitrogens with zero attached hydrogens (tertiary/aromatic N) is 3. The highest BCUT2D eigenvalue weighted by Gasteiger charge is 2.27. The van der Waals surface area contributed by atoms with E-state index in [1.165, 1.54) is 6.92 Å². The van der Waals surface area contributed by atoms with Crippen LogP contribution >= 0.6 is 0 Å². The van der Waals surface area contributed by atoms with E-state index >= 15 is 0 Å². The molecule has 1 aliphatic heterocycles. The van der Waals surface area contributed by atoms with Crippen molar-refractivity contribution in [2.24, 2.45) is 0 Å². The van der Waals surface area contributed by atoms with E-state index < -0.39 is 0 Å². The van der Waals surface area contributed by atoms with Gasteiger partial charge in [-0.05, 0) is 31.5 Å². The Hall–Kier alpha value is -2.96. The molecule has 1 aliphatic rings. The second-order valence-electron chi connectivity index (χ2n) is 6.31.